The van der Waals surface area contributed by atoms with Gasteiger partial charge in [0.25, 0.3) is 0 Å². The average Bonchev–Trinajstić information content (AvgIpc) is 3.47. The fourth-order valence-corrected chi connectivity index (χ4v) is 4.92. The first-order chi connectivity index (χ1) is 18.7. The molecule has 6 rings (SSSR count). The number of hydrogen-bond donors (Lipinski definition) is 2. The molecule has 2 saturated heterocycles. The van der Waals surface area contributed by atoms with Crippen LogP contribution in [0.4, 0.5) is 23.1 Å². The van der Waals surface area contributed by atoms with E-state index in [9.17, 15) is 0 Å². The van der Waals surface area contributed by atoms with Crippen molar-refractivity contribution in [2.24, 2.45) is 0 Å². The number of nitrogens with one attached hydrogen (secondary N) is 1. The molecule has 0 spiro atoms. The Morgan fingerprint density at radius 2 is 1.74 bits per heavy atom. The van der Waals surface area contributed by atoms with Gasteiger partial charge in [-0.25, -0.2) is 4.98 Å². The van der Waals surface area contributed by atoms with Crippen molar-refractivity contribution in [1.82, 2.24) is 19.9 Å². The second kappa shape index (κ2) is 11.2. The number of morpholine rings is 1. The zero-order valence-corrected chi connectivity index (χ0v) is 21.5. The maximum Gasteiger partial charge on any atom is 0.228 e. The number of nitrogens with two attached hydrogens (primary N) is 1. The highest BCUT2D eigenvalue weighted by molar-refractivity contribution is 5.84. The number of fused-ring (bicyclic) bond motifs is 1. The molecule has 2 aliphatic heterocycles. The predicted molar refractivity (Wildman–Crippen MR) is 151 cm³/mol. The molecule has 0 radical (unpaired) electrons. The lowest BCUT2D eigenvalue weighted by molar-refractivity contribution is 0.122. The normalized spacial score (nSPS) is 16.2. The van der Waals surface area contributed by atoms with Gasteiger partial charge in [0.1, 0.15) is 18.2 Å². The van der Waals surface area contributed by atoms with Crippen LogP contribution < -0.4 is 20.7 Å². The molecule has 4 aromatic rings. The van der Waals surface area contributed by atoms with Crippen molar-refractivity contribution in [1.29, 1.82) is 0 Å². The summed E-state index contributed by atoms with van der Waals surface area (Å²) in [7, 11) is 0. The third-order valence-electron chi connectivity index (χ3n) is 7.01. The van der Waals surface area contributed by atoms with E-state index in [2.05, 4.69) is 32.2 Å². The Morgan fingerprint density at radius 3 is 2.55 bits per heavy atom. The lowest BCUT2D eigenvalue weighted by Gasteiger charge is -2.27. The molecule has 2 aromatic heterocycles. The van der Waals surface area contributed by atoms with Crippen molar-refractivity contribution in [2.45, 2.75) is 12.8 Å². The Labute approximate surface area is 222 Å². The van der Waals surface area contributed by atoms with Gasteiger partial charge in [-0.3, -0.25) is 9.88 Å². The number of benzene rings is 2. The van der Waals surface area contributed by atoms with E-state index >= 15 is 0 Å². The van der Waals surface area contributed by atoms with Crippen LogP contribution >= 0.6 is 0 Å². The minimum Gasteiger partial charge on any atom is -0.492 e. The highest BCUT2D eigenvalue weighted by Gasteiger charge is 2.17. The standard InChI is InChI=1S/C29H33N7O2/c30-23-5-3-21(4-6-23)27-19-28(34-29(33-27)36-12-14-37-15-13-36)32-24-17-22-18-25(7-8-26(22)31-20-24)38-16-11-35-9-1-2-10-35/h3-8,17-20H,1-2,9-16,30H2,(H,32,33,34). The fraction of sp³-hybridized carbons (Fsp3) is 0.345. The predicted octanol–water partition coefficient (Wildman–Crippen LogP) is 4.33. The molecule has 9 heteroatoms. The summed E-state index contributed by atoms with van der Waals surface area (Å²) in [4.78, 5) is 19.0. The van der Waals surface area contributed by atoms with Crippen LogP contribution in [0.15, 0.2) is 60.8 Å². The summed E-state index contributed by atoms with van der Waals surface area (Å²) in [6, 6.07) is 17.8. The molecule has 0 unspecified atom stereocenters. The van der Waals surface area contributed by atoms with Crippen LogP contribution in [0.3, 0.4) is 0 Å². The van der Waals surface area contributed by atoms with Crippen LogP contribution in [0.25, 0.3) is 22.2 Å². The number of anilines is 4. The first kappa shape index (κ1) is 24.4. The maximum atomic E-state index is 6.06. The number of nitrogens with zero attached hydrogens (tertiary/aromatic N) is 5. The number of pyridine rings is 1. The number of hydrogen-bond acceptors (Lipinski definition) is 9. The Kier molecular flexibility index (Phi) is 7.19. The minimum atomic E-state index is 0.662. The van der Waals surface area contributed by atoms with Gasteiger partial charge in [-0.15, -0.1) is 0 Å². The highest BCUT2D eigenvalue weighted by atomic mass is 16.5. The molecule has 4 heterocycles. The molecule has 0 amide bonds. The van der Waals surface area contributed by atoms with Crippen molar-refractivity contribution >= 4 is 34.0 Å². The second-order valence-electron chi connectivity index (χ2n) is 9.76. The molecule has 3 N–H and O–H groups in total. The smallest absolute Gasteiger partial charge is 0.228 e. The highest BCUT2D eigenvalue weighted by Crippen LogP contribution is 2.28. The summed E-state index contributed by atoms with van der Waals surface area (Å²) in [5.41, 5.74) is 10.2. The molecular formula is C29H33N7O2. The summed E-state index contributed by atoms with van der Waals surface area (Å²) in [6.07, 6.45) is 4.41. The van der Waals surface area contributed by atoms with Gasteiger partial charge in [0, 0.05) is 42.3 Å². The van der Waals surface area contributed by atoms with Gasteiger partial charge in [0.15, 0.2) is 0 Å². The average molecular weight is 512 g/mol. The number of aromatic nitrogens is 3. The Hall–Kier alpha value is -3.95. The van der Waals surface area contributed by atoms with E-state index in [1.165, 1.54) is 25.9 Å². The van der Waals surface area contributed by atoms with Gasteiger partial charge < -0.3 is 25.4 Å². The molecule has 38 heavy (non-hydrogen) atoms. The van der Waals surface area contributed by atoms with Crippen LogP contribution in [0.2, 0.25) is 0 Å². The van der Waals surface area contributed by atoms with Crippen LogP contribution in [0.1, 0.15) is 12.8 Å². The number of likely N-dealkylation sites (tertiary alicyclic amines) is 1. The Balaban J connectivity index is 1.24. The van der Waals surface area contributed by atoms with E-state index in [0.717, 1.165) is 58.9 Å². The van der Waals surface area contributed by atoms with Crippen molar-refractivity contribution in [3.8, 4) is 17.0 Å². The lowest BCUT2D eigenvalue weighted by atomic mass is 10.1. The topological polar surface area (TPSA) is 102 Å². The van der Waals surface area contributed by atoms with E-state index in [4.69, 9.17) is 25.2 Å². The van der Waals surface area contributed by atoms with Crippen LogP contribution in [0, 0.1) is 0 Å². The van der Waals surface area contributed by atoms with Crippen molar-refractivity contribution in [3.05, 3.63) is 60.8 Å². The quantitative estimate of drug-likeness (QED) is 0.335. The monoisotopic (exact) mass is 511 g/mol. The van der Waals surface area contributed by atoms with E-state index in [1.807, 2.05) is 48.7 Å². The SMILES string of the molecule is Nc1ccc(-c2cc(Nc3cnc4ccc(OCCN5CCCC5)cc4c3)nc(N3CCOCC3)n2)cc1. The molecule has 2 aromatic carbocycles. The van der Waals surface area contributed by atoms with Gasteiger partial charge in [0.2, 0.25) is 5.95 Å². The summed E-state index contributed by atoms with van der Waals surface area (Å²) >= 11 is 0. The summed E-state index contributed by atoms with van der Waals surface area (Å²) in [6.45, 7) is 6.84. The molecular weight excluding hydrogens is 478 g/mol. The van der Waals surface area contributed by atoms with E-state index in [0.29, 0.717) is 31.6 Å². The Morgan fingerprint density at radius 1 is 0.921 bits per heavy atom. The van der Waals surface area contributed by atoms with Gasteiger partial charge in [-0.1, -0.05) is 12.1 Å². The molecule has 2 fully saturated rings. The van der Waals surface area contributed by atoms with Crippen LogP contribution in [-0.4, -0.2) is 72.4 Å². The van der Waals surface area contributed by atoms with Crippen LogP contribution in [-0.2, 0) is 4.74 Å². The number of nitrogen functional groups attached to an aromatic ring is 1. The molecule has 2 aliphatic rings. The molecule has 0 atom stereocenters. The zero-order chi connectivity index (χ0) is 25.7. The Bertz CT molecular complexity index is 1380. The van der Waals surface area contributed by atoms with E-state index in [1.54, 1.807) is 0 Å². The largest absolute Gasteiger partial charge is 0.492 e. The van der Waals surface area contributed by atoms with Crippen molar-refractivity contribution in [2.75, 3.05) is 68.5 Å². The van der Waals surface area contributed by atoms with Gasteiger partial charge in [-0.05, 0) is 62.3 Å². The minimum absolute atomic E-state index is 0.662. The molecule has 0 aliphatic carbocycles. The van der Waals surface area contributed by atoms with E-state index in [-0.39, 0.29) is 0 Å². The van der Waals surface area contributed by atoms with Gasteiger partial charge >= 0.3 is 0 Å². The summed E-state index contributed by atoms with van der Waals surface area (Å²) in [5, 5.41) is 4.46. The molecule has 0 bridgehead atoms. The first-order valence-corrected chi connectivity index (χ1v) is 13.3. The maximum absolute atomic E-state index is 6.06. The van der Waals surface area contributed by atoms with E-state index < -0.39 is 0 Å². The summed E-state index contributed by atoms with van der Waals surface area (Å²) in [5.74, 6) is 2.23. The van der Waals surface area contributed by atoms with Crippen molar-refractivity contribution in [3.63, 3.8) is 0 Å². The molecule has 9 nitrogen and oxygen atoms in total. The fourth-order valence-electron chi connectivity index (χ4n) is 4.92. The van der Waals surface area contributed by atoms with Crippen LogP contribution in [0.5, 0.6) is 5.75 Å². The third-order valence-corrected chi connectivity index (χ3v) is 7.01. The third kappa shape index (κ3) is 5.79. The molecule has 196 valence electrons. The van der Waals surface area contributed by atoms with Gasteiger partial charge in [0.05, 0.1) is 36.3 Å². The number of ether oxygens (including phenoxy) is 2. The van der Waals surface area contributed by atoms with Crippen molar-refractivity contribution < 1.29 is 9.47 Å². The van der Waals surface area contributed by atoms with Gasteiger partial charge in [-0.2, -0.15) is 4.98 Å². The lowest BCUT2D eigenvalue weighted by Crippen LogP contribution is -2.37. The number of rotatable bonds is 8. The first-order valence-electron chi connectivity index (χ1n) is 13.3. The zero-order valence-electron chi connectivity index (χ0n) is 21.5. The molecule has 0 saturated carbocycles. The second-order valence-corrected chi connectivity index (χ2v) is 9.76. The summed E-state index contributed by atoms with van der Waals surface area (Å²) < 4.78 is 11.6.